The van der Waals surface area contributed by atoms with Crippen LogP contribution >= 0.6 is 0 Å². The van der Waals surface area contributed by atoms with E-state index in [-0.39, 0.29) is 5.91 Å². The van der Waals surface area contributed by atoms with Gasteiger partial charge in [0.05, 0.1) is 19.0 Å². The molecule has 0 aliphatic rings. The van der Waals surface area contributed by atoms with Gasteiger partial charge in [-0.3, -0.25) is 9.69 Å². The molecular formula is C12H21N3O. The largest absolute Gasteiger partial charge is 0.344 e. The van der Waals surface area contributed by atoms with E-state index < -0.39 is 0 Å². The van der Waals surface area contributed by atoms with Crippen molar-refractivity contribution in [3.63, 3.8) is 0 Å². The van der Waals surface area contributed by atoms with E-state index in [1.165, 1.54) is 0 Å². The number of amides is 1. The van der Waals surface area contributed by atoms with Crippen LogP contribution in [0.2, 0.25) is 0 Å². The maximum atomic E-state index is 11.7. The summed E-state index contributed by atoms with van der Waals surface area (Å²) < 4.78 is 0. The first-order chi connectivity index (χ1) is 7.51. The standard InChI is InChI=1S/C12H21N3O/c1-5-15(9-11(2)3)10-12(16)14(4)8-6-7-13/h2,5-6,8-10H2,1,3-4H3. The molecule has 0 aromatic rings. The molecule has 0 spiro atoms. The van der Waals surface area contributed by atoms with E-state index in [1.807, 2.05) is 24.8 Å². The van der Waals surface area contributed by atoms with Crippen LogP contribution in [0, 0.1) is 11.3 Å². The molecule has 0 fully saturated rings. The fourth-order valence-electron chi connectivity index (χ4n) is 1.32. The van der Waals surface area contributed by atoms with Gasteiger partial charge in [0.2, 0.25) is 5.91 Å². The molecular weight excluding hydrogens is 202 g/mol. The van der Waals surface area contributed by atoms with E-state index in [2.05, 4.69) is 6.58 Å². The molecule has 0 aliphatic heterocycles. The molecule has 16 heavy (non-hydrogen) atoms. The Morgan fingerprint density at radius 2 is 2.06 bits per heavy atom. The van der Waals surface area contributed by atoms with Crippen molar-refractivity contribution in [3.8, 4) is 6.07 Å². The lowest BCUT2D eigenvalue weighted by Gasteiger charge is -2.23. The summed E-state index contributed by atoms with van der Waals surface area (Å²) in [7, 11) is 1.73. The molecule has 4 heteroatoms. The van der Waals surface area contributed by atoms with E-state index in [4.69, 9.17) is 5.26 Å². The van der Waals surface area contributed by atoms with Gasteiger partial charge in [-0.25, -0.2) is 0 Å². The number of rotatable bonds is 7. The molecule has 0 saturated heterocycles. The Labute approximate surface area is 98.1 Å². The molecule has 0 atom stereocenters. The summed E-state index contributed by atoms with van der Waals surface area (Å²) in [5.74, 6) is 0.0540. The summed E-state index contributed by atoms with van der Waals surface area (Å²) in [5, 5.41) is 8.43. The fourth-order valence-corrected chi connectivity index (χ4v) is 1.32. The highest BCUT2D eigenvalue weighted by atomic mass is 16.2. The van der Waals surface area contributed by atoms with Gasteiger partial charge in [-0.1, -0.05) is 19.1 Å². The molecule has 0 aliphatic carbocycles. The van der Waals surface area contributed by atoms with Crippen molar-refractivity contribution >= 4 is 5.91 Å². The van der Waals surface area contributed by atoms with Crippen molar-refractivity contribution < 1.29 is 4.79 Å². The molecule has 0 heterocycles. The number of hydrogen-bond acceptors (Lipinski definition) is 3. The van der Waals surface area contributed by atoms with Gasteiger partial charge < -0.3 is 4.90 Å². The zero-order valence-corrected chi connectivity index (χ0v) is 10.5. The molecule has 0 saturated carbocycles. The maximum absolute atomic E-state index is 11.7. The quantitative estimate of drug-likeness (QED) is 0.610. The first-order valence-corrected chi connectivity index (χ1v) is 5.48. The number of likely N-dealkylation sites (N-methyl/N-ethyl adjacent to an activating group) is 2. The molecule has 0 radical (unpaired) electrons. The molecule has 90 valence electrons. The molecule has 4 nitrogen and oxygen atoms in total. The molecule has 0 aromatic heterocycles. The predicted molar refractivity (Wildman–Crippen MR) is 64.8 cm³/mol. The van der Waals surface area contributed by atoms with Gasteiger partial charge >= 0.3 is 0 Å². The van der Waals surface area contributed by atoms with Crippen molar-refractivity contribution in [2.24, 2.45) is 0 Å². The van der Waals surface area contributed by atoms with Crippen LogP contribution in [0.3, 0.4) is 0 Å². The first-order valence-electron chi connectivity index (χ1n) is 5.48. The smallest absolute Gasteiger partial charge is 0.236 e. The van der Waals surface area contributed by atoms with Crippen molar-refractivity contribution in [1.82, 2.24) is 9.80 Å². The normalized spacial score (nSPS) is 9.94. The van der Waals surface area contributed by atoms with Crippen molar-refractivity contribution in [3.05, 3.63) is 12.2 Å². The summed E-state index contributed by atoms with van der Waals surface area (Å²) in [4.78, 5) is 15.4. The second kappa shape index (κ2) is 7.89. The molecule has 0 bridgehead atoms. The van der Waals surface area contributed by atoms with Gasteiger partial charge in [0, 0.05) is 20.1 Å². The van der Waals surface area contributed by atoms with E-state index in [1.54, 1.807) is 11.9 Å². The Morgan fingerprint density at radius 3 is 2.50 bits per heavy atom. The number of hydrogen-bond donors (Lipinski definition) is 0. The Bertz CT molecular complexity index is 280. The monoisotopic (exact) mass is 223 g/mol. The molecule has 0 N–H and O–H groups in total. The third kappa shape index (κ3) is 6.20. The van der Waals surface area contributed by atoms with Gasteiger partial charge in [-0.2, -0.15) is 5.26 Å². The van der Waals surface area contributed by atoms with Crippen LogP contribution in [0.25, 0.3) is 0 Å². The van der Waals surface area contributed by atoms with Gasteiger partial charge in [0.25, 0.3) is 0 Å². The van der Waals surface area contributed by atoms with Crippen molar-refractivity contribution in [1.29, 1.82) is 5.26 Å². The van der Waals surface area contributed by atoms with E-state index >= 15 is 0 Å². The SMILES string of the molecule is C=C(C)CN(CC)CC(=O)N(C)CCC#N. The van der Waals surface area contributed by atoms with E-state index in [9.17, 15) is 4.79 Å². The lowest BCUT2D eigenvalue weighted by Crippen LogP contribution is -2.39. The highest BCUT2D eigenvalue weighted by molar-refractivity contribution is 5.78. The van der Waals surface area contributed by atoms with Crippen LogP contribution in [0.5, 0.6) is 0 Å². The van der Waals surface area contributed by atoms with Crippen LogP contribution < -0.4 is 0 Å². The predicted octanol–water partition coefficient (Wildman–Crippen LogP) is 1.26. The number of carbonyl (C=O) groups excluding carboxylic acids is 1. The molecule has 1 amide bonds. The zero-order valence-electron chi connectivity index (χ0n) is 10.5. The molecule has 0 unspecified atom stereocenters. The minimum absolute atomic E-state index is 0.0540. The molecule has 0 rings (SSSR count). The average Bonchev–Trinajstić information content (AvgIpc) is 2.23. The molecule has 0 aromatic carbocycles. The van der Waals surface area contributed by atoms with Crippen LogP contribution in [0.4, 0.5) is 0 Å². The summed E-state index contributed by atoms with van der Waals surface area (Å²) in [6.07, 6.45) is 0.384. The highest BCUT2D eigenvalue weighted by Crippen LogP contribution is 1.97. The topological polar surface area (TPSA) is 47.3 Å². The zero-order chi connectivity index (χ0) is 12.6. The second-order valence-electron chi connectivity index (χ2n) is 3.98. The lowest BCUT2D eigenvalue weighted by atomic mass is 10.3. The summed E-state index contributed by atoms with van der Waals surface area (Å²) in [6, 6.07) is 2.03. The minimum Gasteiger partial charge on any atom is -0.344 e. The van der Waals surface area contributed by atoms with Crippen LogP contribution in [-0.4, -0.2) is 48.9 Å². The average molecular weight is 223 g/mol. The third-order valence-corrected chi connectivity index (χ3v) is 2.28. The van der Waals surface area contributed by atoms with Crippen molar-refractivity contribution in [2.45, 2.75) is 20.3 Å². The third-order valence-electron chi connectivity index (χ3n) is 2.28. The lowest BCUT2D eigenvalue weighted by molar-refractivity contribution is -0.130. The number of nitrogens with zero attached hydrogens (tertiary/aromatic N) is 3. The number of carbonyl (C=O) groups is 1. The van der Waals surface area contributed by atoms with Gasteiger partial charge in [0.1, 0.15) is 0 Å². The van der Waals surface area contributed by atoms with Crippen molar-refractivity contribution in [2.75, 3.05) is 33.2 Å². The highest BCUT2D eigenvalue weighted by Gasteiger charge is 2.12. The maximum Gasteiger partial charge on any atom is 0.236 e. The Balaban J connectivity index is 4.09. The van der Waals surface area contributed by atoms with E-state index in [0.717, 1.165) is 18.7 Å². The van der Waals surface area contributed by atoms with Gasteiger partial charge in [-0.15, -0.1) is 0 Å². The summed E-state index contributed by atoms with van der Waals surface area (Å²) in [5.41, 5.74) is 1.05. The fraction of sp³-hybridized carbons (Fsp3) is 0.667. The second-order valence-corrected chi connectivity index (χ2v) is 3.98. The summed E-state index contributed by atoms with van der Waals surface area (Å²) in [6.45, 7) is 10.3. The van der Waals surface area contributed by atoms with Crippen LogP contribution in [0.15, 0.2) is 12.2 Å². The first kappa shape index (κ1) is 14.7. The Morgan fingerprint density at radius 1 is 1.44 bits per heavy atom. The summed E-state index contributed by atoms with van der Waals surface area (Å²) >= 11 is 0. The van der Waals surface area contributed by atoms with E-state index in [0.29, 0.717) is 19.5 Å². The Hall–Kier alpha value is -1.34. The van der Waals surface area contributed by atoms with Gasteiger partial charge in [0.15, 0.2) is 0 Å². The van der Waals surface area contributed by atoms with Crippen LogP contribution in [-0.2, 0) is 4.79 Å². The number of nitriles is 1. The minimum atomic E-state index is 0.0540. The van der Waals surface area contributed by atoms with Crippen LogP contribution in [0.1, 0.15) is 20.3 Å². The van der Waals surface area contributed by atoms with Gasteiger partial charge in [-0.05, 0) is 13.5 Å². The Kier molecular flexibility index (Phi) is 7.23.